The topological polar surface area (TPSA) is 92.8 Å². The molecular formula is C21H26N2O5S2. The number of methoxy groups -OCH3 is 1. The molecule has 0 aliphatic carbocycles. The largest absolute Gasteiger partial charge is 0.465 e. The first-order valence-electron chi connectivity index (χ1n) is 9.66. The molecule has 0 atom stereocenters. The number of anilines is 1. The van der Waals surface area contributed by atoms with E-state index in [4.69, 9.17) is 4.74 Å². The maximum absolute atomic E-state index is 13.2. The van der Waals surface area contributed by atoms with Gasteiger partial charge in [-0.1, -0.05) is 19.9 Å². The van der Waals surface area contributed by atoms with Crippen molar-refractivity contribution in [2.45, 2.75) is 44.9 Å². The van der Waals surface area contributed by atoms with E-state index in [0.29, 0.717) is 35.6 Å². The van der Waals surface area contributed by atoms with Crippen LogP contribution in [0.15, 0.2) is 22.4 Å². The molecule has 2 heterocycles. The highest BCUT2D eigenvalue weighted by Gasteiger charge is 2.35. The van der Waals surface area contributed by atoms with Crippen molar-refractivity contribution >= 4 is 38.9 Å². The van der Waals surface area contributed by atoms with Crippen LogP contribution < -0.4 is 4.72 Å². The molecule has 1 N–H and O–H groups in total. The zero-order valence-electron chi connectivity index (χ0n) is 17.7. The third-order valence-corrected chi connectivity index (χ3v) is 8.05. The first kappa shape index (κ1) is 22.3. The molecule has 9 heteroatoms. The van der Waals surface area contributed by atoms with Crippen molar-refractivity contribution in [1.29, 1.82) is 0 Å². The molecule has 1 aromatic carbocycles. The van der Waals surface area contributed by atoms with E-state index in [-0.39, 0.29) is 21.6 Å². The van der Waals surface area contributed by atoms with Crippen LogP contribution in [-0.2, 0) is 32.5 Å². The number of hydrogen-bond donors (Lipinski definition) is 1. The summed E-state index contributed by atoms with van der Waals surface area (Å²) in [5.74, 6) is -0.829. The number of ether oxygens (including phenoxy) is 1. The van der Waals surface area contributed by atoms with E-state index in [9.17, 15) is 18.0 Å². The summed E-state index contributed by atoms with van der Waals surface area (Å²) in [5.41, 5.74) is 3.01. The summed E-state index contributed by atoms with van der Waals surface area (Å²) in [7, 11) is -2.78. The van der Waals surface area contributed by atoms with Crippen molar-refractivity contribution in [1.82, 2.24) is 4.90 Å². The predicted molar refractivity (Wildman–Crippen MR) is 116 cm³/mol. The molecule has 1 aliphatic heterocycles. The fraction of sp³-hybridized carbons (Fsp3) is 0.429. The maximum atomic E-state index is 13.2. The van der Waals surface area contributed by atoms with E-state index >= 15 is 0 Å². The van der Waals surface area contributed by atoms with Crippen LogP contribution >= 0.6 is 11.3 Å². The summed E-state index contributed by atoms with van der Waals surface area (Å²) >= 11 is 1.03. The molecule has 30 heavy (non-hydrogen) atoms. The van der Waals surface area contributed by atoms with Gasteiger partial charge in [0.2, 0.25) is 5.91 Å². The number of sulfonamides is 1. The van der Waals surface area contributed by atoms with E-state index in [2.05, 4.69) is 4.72 Å². The van der Waals surface area contributed by atoms with Crippen LogP contribution in [0.1, 0.15) is 45.8 Å². The molecule has 0 fully saturated rings. The summed E-state index contributed by atoms with van der Waals surface area (Å²) in [4.78, 5) is 27.3. The molecule has 162 valence electrons. The second kappa shape index (κ2) is 8.39. The van der Waals surface area contributed by atoms with Crippen LogP contribution in [0.25, 0.3) is 0 Å². The summed E-state index contributed by atoms with van der Waals surface area (Å²) < 4.78 is 33.8. The Morgan fingerprint density at radius 2 is 1.80 bits per heavy atom. The van der Waals surface area contributed by atoms with E-state index in [1.807, 2.05) is 33.8 Å². The van der Waals surface area contributed by atoms with Gasteiger partial charge >= 0.3 is 5.97 Å². The van der Waals surface area contributed by atoms with Crippen LogP contribution in [0.4, 0.5) is 5.69 Å². The number of benzene rings is 1. The van der Waals surface area contributed by atoms with Crippen LogP contribution in [0, 0.1) is 19.8 Å². The van der Waals surface area contributed by atoms with Crippen molar-refractivity contribution in [3.63, 3.8) is 0 Å². The number of amides is 1. The van der Waals surface area contributed by atoms with Gasteiger partial charge in [0.1, 0.15) is 0 Å². The Morgan fingerprint density at radius 3 is 2.37 bits per heavy atom. The van der Waals surface area contributed by atoms with Gasteiger partial charge in [-0.3, -0.25) is 9.52 Å². The molecule has 0 saturated heterocycles. The van der Waals surface area contributed by atoms with Gasteiger partial charge in [-0.15, -0.1) is 11.3 Å². The lowest BCUT2D eigenvalue weighted by atomic mass is 10.0. The molecule has 0 spiro atoms. The Bertz CT molecular complexity index is 1080. The van der Waals surface area contributed by atoms with Gasteiger partial charge in [0.25, 0.3) is 10.0 Å². The SMILES string of the molecule is COC(=O)c1c(S(=O)(=O)Nc2cc(C)cc(C)c2)sc2c1CCN(C(=O)C(C)C)C2. The summed E-state index contributed by atoms with van der Waals surface area (Å²) in [6.07, 6.45) is 0.411. The molecule has 1 aromatic heterocycles. The predicted octanol–water partition coefficient (Wildman–Crippen LogP) is 3.49. The number of carbonyl (C=O) groups excluding carboxylic acids is 2. The molecular weight excluding hydrogens is 424 g/mol. The molecule has 7 nitrogen and oxygen atoms in total. The fourth-order valence-electron chi connectivity index (χ4n) is 3.66. The Hall–Kier alpha value is -2.39. The van der Waals surface area contributed by atoms with Crippen LogP contribution in [-0.4, -0.2) is 38.8 Å². The third-order valence-electron chi connectivity index (χ3n) is 4.94. The number of thiophene rings is 1. The lowest BCUT2D eigenvalue weighted by Crippen LogP contribution is -2.38. The average Bonchev–Trinajstić information content (AvgIpc) is 3.05. The van der Waals surface area contributed by atoms with Gasteiger partial charge in [0.05, 0.1) is 19.2 Å². The lowest BCUT2D eigenvalue weighted by Gasteiger charge is -2.28. The highest BCUT2D eigenvalue weighted by atomic mass is 32.2. The Labute approximate surface area is 181 Å². The van der Waals surface area contributed by atoms with Crippen LogP contribution in [0.5, 0.6) is 0 Å². The summed E-state index contributed by atoms with van der Waals surface area (Å²) in [6.45, 7) is 8.16. The number of fused-ring (bicyclic) bond motifs is 1. The average molecular weight is 451 g/mol. The number of nitrogens with one attached hydrogen (secondary N) is 1. The quantitative estimate of drug-likeness (QED) is 0.704. The summed E-state index contributed by atoms with van der Waals surface area (Å²) in [5, 5.41) is 0. The molecule has 0 radical (unpaired) electrons. The van der Waals surface area contributed by atoms with Gasteiger partial charge in [-0.05, 0) is 49.1 Å². The highest BCUT2D eigenvalue weighted by molar-refractivity contribution is 7.94. The minimum Gasteiger partial charge on any atom is -0.465 e. The van der Waals surface area contributed by atoms with Gasteiger partial charge in [-0.25, -0.2) is 13.2 Å². The second-order valence-corrected chi connectivity index (χ2v) is 10.8. The Morgan fingerprint density at radius 1 is 1.17 bits per heavy atom. The van der Waals surface area contributed by atoms with Crippen molar-refractivity contribution in [2.24, 2.45) is 5.92 Å². The van der Waals surface area contributed by atoms with Crippen LogP contribution in [0.3, 0.4) is 0 Å². The smallest absolute Gasteiger partial charge is 0.340 e. The van der Waals surface area contributed by atoms with Gasteiger partial charge in [0, 0.05) is 23.0 Å². The van der Waals surface area contributed by atoms with E-state index in [1.165, 1.54) is 7.11 Å². The molecule has 1 aliphatic rings. The number of hydrogen-bond acceptors (Lipinski definition) is 6. The Kier molecular flexibility index (Phi) is 6.24. The van der Waals surface area contributed by atoms with Crippen molar-refractivity contribution in [3.05, 3.63) is 45.3 Å². The molecule has 3 rings (SSSR count). The second-order valence-electron chi connectivity index (χ2n) is 7.80. The standard InChI is InChI=1S/C21H26N2O5S2/c1-12(2)19(24)23-7-6-16-17(11-23)29-21(18(16)20(25)28-5)30(26,27)22-15-9-13(3)8-14(4)10-15/h8-10,12,22H,6-7,11H2,1-5H3. The molecule has 2 aromatic rings. The minimum absolute atomic E-state index is 0.00596. The Balaban J connectivity index is 2.04. The number of aryl methyl sites for hydroxylation is 2. The van der Waals surface area contributed by atoms with E-state index < -0.39 is 16.0 Å². The van der Waals surface area contributed by atoms with E-state index in [1.54, 1.807) is 17.0 Å². The monoisotopic (exact) mass is 450 g/mol. The minimum atomic E-state index is -4.02. The van der Waals surface area contributed by atoms with Crippen LogP contribution in [0.2, 0.25) is 0 Å². The van der Waals surface area contributed by atoms with Crippen molar-refractivity contribution < 1.29 is 22.7 Å². The van der Waals surface area contributed by atoms with Gasteiger partial charge in [0.15, 0.2) is 4.21 Å². The zero-order chi connectivity index (χ0) is 22.2. The number of esters is 1. The number of nitrogens with zero attached hydrogens (tertiary/aromatic N) is 1. The number of rotatable bonds is 5. The van der Waals surface area contributed by atoms with E-state index in [0.717, 1.165) is 22.5 Å². The molecule has 1 amide bonds. The molecule has 0 unspecified atom stereocenters. The van der Waals surface area contributed by atoms with Crippen molar-refractivity contribution in [3.8, 4) is 0 Å². The first-order chi connectivity index (χ1) is 14.0. The fourth-order valence-corrected chi connectivity index (χ4v) is 6.61. The first-order valence-corrected chi connectivity index (χ1v) is 12.0. The molecule has 0 saturated carbocycles. The summed E-state index contributed by atoms with van der Waals surface area (Å²) in [6, 6.07) is 5.42. The zero-order valence-corrected chi connectivity index (χ0v) is 19.4. The molecule has 0 bridgehead atoms. The third kappa shape index (κ3) is 4.37. The van der Waals surface area contributed by atoms with Gasteiger partial charge in [-0.2, -0.15) is 0 Å². The maximum Gasteiger partial charge on any atom is 0.340 e. The van der Waals surface area contributed by atoms with Crippen molar-refractivity contribution in [2.75, 3.05) is 18.4 Å². The van der Waals surface area contributed by atoms with Gasteiger partial charge < -0.3 is 9.64 Å². The lowest BCUT2D eigenvalue weighted by molar-refractivity contribution is -0.135. The number of carbonyl (C=O) groups is 2. The normalized spacial score (nSPS) is 13.9. The highest BCUT2D eigenvalue weighted by Crippen LogP contribution is 2.37.